The molecule has 1 unspecified atom stereocenters. The van der Waals surface area contributed by atoms with Crippen LogP contribution in [0.25, 0.3) is 0 Å². The van der Waals surface area contributed by atoms with Crippen LogP contribution >= 0.6 is 0 Å². The Morgan fingerprint density at radius 1 is 1.13 bits per heavy atom. The number of benzene rings is 2. The predicted molar refractivity (Wildman–Crippen MR) is 120 cm³/mol. The standard InChI is InChI=1S/C24H29N3O4/c1-3-31-14-8-13-25-24(30)19-10-5-6-11-20(19)26-23(29)18-15-22(28)27(16-18)21-12-7-4-9-17(21)2/h4-7,9-12,18H,3,8,13-16H2,1-2H3,(H,25,30)(H,26,29). The molecular weight excluding hydrogens is 394 g/mol. The highest BCUT2D eigenvalue weighted by atomic mass is 16.5. The third kappa shape index (κ3) is 5.70. The van der Waals surface area contributed by atoms with Crippen molar-refractivity contribution in [2.45, 2.75) is 26.7 Å². The molecule has 0 aliphatic carbocycles. The van der Waals surface area contributed by atoms with Crippen LogP contribution in [0, 0.1) is 12.8 Å². The SMILES string of the molecule is CCOCCCNC(=O)c1ccccc1NC(=O)C1CC(=O)N(c2ccccc2C)C1. The molecule has 0 saturated carbocycles. The van der Waals surface area contributed by atoms with E-state index in [-0.39, 0.29) is 24.1 Å². The molecule has 164 valence electrons. The number of hydrogen-bond donors (Lipinski definition) is 2. The van der Waals surface area contributed by atoms with Gasteiger partial charge in [0.2, 0.25) is 11.8 Å². The van der Waals surface area contributed by atoms with E-state index < -0.39 is 5.92 Å². The quantitative estimate of drug-likeness (QED) is 0.607. The number of rotatable bonds is 9. The van der Waals surface area contributed by atoms with Gasteiger partial charge in [-0.3, -0.25) is 14.4 Å². The minimum Gasteiger partial charge on any atom is -0.382 e. The second kappa shape index (κ2) is 10.7. The topological polar surface area (TPSA) is 87.7 Å². The van der Waals surface area contributed by atoms with Gasteiger partial charge in [-0.15, -0.1) is 0 Å². The van der Waals surface area contributed by atoms with E-state index >= 15 is 0 Å². The Labute approximate surface area is 182 Å². The van der Waals surface area contributed by atoms with Crippen LogP contribution in [0.5, 0.6) is 0 Å². The normalized spacial score (nSPS) is 15.7. The Balaban J connectivity index is 1.63. The number of hydrogen-bond acceptors (Lipinski definition) is 4. The molecule has 0 spiro atoms. The van der Waals surface area contributed by atoms with Crippen LogP contribution in [0.3, 0.4) is 0 Å². The van der Waals surface area contributed by atoms with Crippen LogP contribution in [0.4, 0.5) is 11.4 Å². The molecule has 1 heterocycles. The van der Waals surface area contributed by atoms with Gasteiger partial charge in [-0.05, 0) is 44.0 Å². The molecule has 7 nitrogen and oxygen atoms in total. The van der Waals surface area contributed by atoms with E-state index in [0.717, 1.165) is 11.3 Å². The first-order chi connectivity index (χ1) is 15.0. The van der Waals surface area contributed by atoms with E-state index in [1.54, 1.807) is 29.2 Å². The maximum Gasteiger partial charge on any atom is 0.253 e. The first kappa shape index (κ1) is 22.5. The molecule has 2 aromatic carbocycles. The van der Waals surface area contributed by atoms with Crippen molar-refractivity contribution < 1.29 is 19.1 Å². The van der Waals surface area contributed by atoms with Gasteiger partial charge in [-0.25, -0.2) is 0 Å². The number of ether oxygens (including phenoxy) is 1. The fourth-order valence-corrected chi connectivity index (χ4v) is 3.62. The van der Waals surface area contributed by atoms with Crippen LogP contribution in [-0.4, -0.2) is 44.0 Å². The Kier molecular flexibility index (Phi) is 7.78. The minimum atomic E-state index is -0.477. The third-order valence-corrected chi connectivity index (χ3v) is 5.29. The molecule has 3 rings (SSSR count). The van der Waals surface area contributed by atoms with Crippen LogP contribution in [0.15, 0.2) is 48.5 Å². The summed E-state index contributed by atoms with van der Waals surface area (Å²) < 4.78 is 5.27. The summed E-state index contributed by atoms with van der Waals surface area (Å²) in [5.74, 6) is -1.07. The number of aryl methyl sites for hydroxylation is 1. The van der Waals surface area contributed by atoms with Gasteiger partial charge in [0.1, 0.15) is 0 Å². The number of anilines is 2. The Hall–Kier alpha value is -3.19. The lowest BCUT2D eigenvalue weighted by Gasteiger charge is -2.19. The molecule has 2 N–H and O–H groups in total. The van der Waals surface area contributed by atoms with Gasteiger partial charge in [0.05, 0.1) is 17.2 Å². The molecule has 7 heteroatoms. The number of amides is 3. The molecule has 0 bridgehead atoms. The lowest BCUT2D eigenvalue weighted by Crippen LogP contribution is -2.30. The first-order valence-corrected chi connectivity index (χ1v) is 10.6. The summed E-state index contributed by atoms with van der Waals surface area (Å²) >= 11 is 0. The molecule has 1 aliphatic rings. The monoisotopic (exact) mass is 423 g/mol. The number of carbonyl (C=O) groups is 3. The average Bonchev–Trinajstić information content (AvgIpc) is 3.15. The van der Waals surface area contributed by atoms with Crippen molar-refractivity contribution in [3.8, 4) is 0 Å². The van der Waals surface area contributed by atoms with Crippen molar-refractivity contribution in [2.75, 3.05) is 36.5 Å². The van der Waals surface area contributed by atoms with E-state index in [0.29, 0.717) is 44.0 Å². The summed E-state index contributed by atoms with van der Waals surface area (Å²) in [6.45, 7) is 5.91. The molecule has 1 aliphatic heterocycles. The predicted octanol–water partition coefficient (Wildman–Crippen LogP) is 3.14. The zero-order valence-electron chi connectivity index (χ0n) is 18.0. The van der Waals surface area contributed by atoms with Crippen molar-refractivity contribution in [1.82, 2.24) is 5.32 Å². The van der Waals surface area contributed by atoms with Crippen LogP contribution in [0.2, 0.25) is 0 Å². The molecule has 1 fully saturated rings. The summed E-state index contributed by atoms with van der Waals surface area (Å²) in [6, 6.07) is 14.5. The summed E-state index contributed by atoms with van der Waals surface area (Å²) in [5.41, 5.74) is 2.65. The Bertz CT molecular complexity index is 944. The lowest BCUT2D eigenvalue weighted by atomic mass is 10.1. The number of carbonyl (C=O) groups excluding carboxylic acids is 3. The van der Waals surface area contributed by atoms with Gasteiger partial charge in [0.25, 0.3) is 5.91 Å². The highest BCUT2D eigenvalue weighted by Gasteiger charge is 2.35. The van der Waals surface area contributed by atoms with Crippen LogP contribution < -0.4 is 15.5 Å². The van der Waals surface area contributed by atoms with Gasteiger partial charge < -0.3 is 20.3 Å². The van der Waals surface area contributed by atoms with E-state index in [1.807, 2.05) is 38.1 Å². The van der Waals surface area contributed by atoms with E-state index in [4.69, 9.17) is 4.74 Å². The van der Waals surface area contributed by atoms with E-state index in [2.05, 4.69) is 10.6 Å². The summed E-state index contributed by atoms with van der Waals surface area (Å²) in [7, 11) is 0. The zero-order chi connectivity index (χ0) is 22.2. The number of nitrogens with one attached hydrogen (secondary N) is 2. The van der Waals surface area contributed by atoms with E-state index in [1.165, 1.54) is 0 Å². The Morgan fingerprint density at radius 3 is 2.65 bits per heavy atom. The molecule has 1 atom stereocenters. The molecule has 3 amide bonds. The number of para-hydroxylation sites is 2. The molecule has 0 radical (unpaired) electrons. The lowest BCUT2D eigenvalue weighted by molar-refractivity contribution is -0.122. The molecule has 1 saturated heterocycles. The highest BCUT2D eigenvalue weighted by Crippen LogP contribution is 2.28. The van der Waals surface area contributed by atoms with Crippen molar-refractivity contribution in [2.24, 2.45) is 5.92 Å². The summed E-state index contributed by atoms with van der Waals surface area (Å²) in [4.78, 5) is 39.7. The fraction of sp³-hybridized carbons (Fsp3) is 0.375. The number of nitrogens with zero attached hydrogens (tertiary/aromatic N) is 1. The Morgan fingerprint density at radius 2 is 1.87 bits per heavy atom. The molecule has 0 aromatic heterocycles. The largest absolute Gasteiger partial charge is 0.382 e. The van der Waals surface area contributed by atoms with Crippen LogP contribution in [-0.2, 0) is 14.3 Å². The maximum absolute atomic E-state index is 12.9. The molecular formula is C24H29N3O4. The molecule has 2 aromatic rings. The zero-order valence-corrected chi connectivity index (χ0v) is 18.0. The van der Waals surface area contributed by atoms with Gasteiger partial charge in [0, 0.05) is 38.4 Å². The van der Waals surface area contributed by atoms with Crippen LogP contribution in [0.1, 0.15) is 35.7 Å². The highest BCUT2D eigenvalue weighted by molar-refractivity contribution is 6.07. The maximum atomic E-state index is 12.9. The van der Waals surface area contributed by atoms with Gasteiger partial charge in [-0.1, -0.05) is 30.3 Å². The second-order valence-electron chi connectivity index (χ2n) is 7.53. The summed E-state index contributed by atoms with van der Waals surface area (Å²) in [5, 5.41) is 5.70. The van der Waals surface area contributed by atoms with E-state index in [9.17, 15) is 14.4 Å². The first-order valence-electron chi connectivity index (χ1n) is 10.6. The fourth-order valence-electron chi connectivity index (χ4n) is 3.62. The van der Waals surface area contributed by atoms with Gasteiger partial charge in [-0.2, -0.15) is 0 Å². The third-order valence-electron chi connectivity index (χ3n) is 5.29. The molecule has 31 heavy (non-hydrogen) atoms. The van der Waals surface area contributed by atoms with Gasteiger partial charge in [0.15, 0.2) is 0 Å². The van der Waals surface area contributed by atoms with Gasteiger partial charge >= 0.3 is 0 Å². The average molecular weight is 424 g/mol. The smallest absolute Gasteiger partial charge is 0.253 e. The van der Waals surface area contributed by atoms with Crippen molar-refractivity contribution in [3.05, 3.63) is 59.7 Å². The van der Waals surface area contributed by atoms with Crippen molar-refractivity contribution in [3.63, 3.8) is 0 Å². The second-order valence-corrected chi connectivity index (χ2v) is 7.53. The minimum absolute atomic E-state index is 0.0743. The summed E-state index contributed by atoms with van der Waals surface area (Å²) in [6.07, 6.45) is 0.860. The van der Waals surface area contributed by atoms with Crippen molar-refractivity contribution >= 4 is 29.1 Å². The van der Waals surface area contributed by atoms with Crippen molar-refractivity contribution in [1.29, 1.82) is 0 Å².